The van der Waals surface area contributed by atoms with Crippen LogP contribution in [0.25, 0.3) is 0 Å². The summed E-state index contributed by atoms with van der Waals surface area (Å²) in [7, 11) is 0. The number of rotatable bonds is 5. The van der Waals surface area contributed by atoms with Crippen LogP contribution in [-0.2, 0) is 6.54 Å². The summed E-state index contributed by atoms with van der Waals surface area (Å²) in [6.45, 7) is 2.52. The summed E-state index contributed by atoms with van der Waals surface area (Å²) >= 11 is 1.65. The molecular weight excluding hydrogens is 392 g/mol. The summed E-state index contributed by atoms with van der Waals surface area (Å²) in [4.78, 5) is 19.1. The van der Waals surface area contributed by atoms with Crippen LogP contribution in [0.2, 0.25) is 0 Å². The summed E-state index contributed by atoms with van der Waals surface area (Å²) in [6, 6.07) is 19.8. The topological polar surface area (TPSA) is 57.3 Å². The number of amides is 1. The third kappa shape index (κ3) is 3.65. The van der Waals surface area contributed by atoms with Crippen LogP contribution in [0, 0.1) is 6.92 Å². The van der Waals surface area contributed by atoms with Crippen molar-refractivity contribution in [3.05, 3.63) is 94.4 Å². The highest BCUT2D eigenvalue weighted by atomic mass is 32.1. The van der Waals surface area contributed by atoms with E-state index in [2.05, 4.69) is 27.1 Å². The highest BCUT2D eigenvalue weighted by Gasteiger charge is 2.28. The van der Waals surface area contributed by atoms with Gasteiger partial charge in [0.2, 0.25) is 0 Å². The fraction of sp³-hybridized carbons (Fsp3) is 0.0833. The highest BCUT2D eigenvalue weighted by Crippen LogP contribution is 2.32. The van der Waals surface area contributed by atoms with Crippen molar-refractivity contribution in [3.8, 4) is 0 Å². The normalized spacial score (nSPS) is 12.7. The number of thiophene rings is 1. The molecule has 0 aliphatic carbocycles. The van der Waals surface area contributed by atoms with Crippen molar-refractivity contribution in [2.75, 3.05) is 15.5 Å². The van der Waals surface area contributed by atoms with Crippen LogP contribution in [-0.4, -0.2) is 10.9 Å². The van der Waals surface area contributed by atoms with Gasteiger partial charge in [0.15, 0.2) is 0 Å². The number of hydrogen-bond acceptors (Lipinski definition) is 5. The molecule has 30 heavy (non-hydrogen) atoms. The lowest BCUT2D eigenvalue weighted by molar-refractivity contribution is 0.0996. The lowest BCUT2D eigenvalue weighted by Gasteiger charge is -2.17. The molecule has 0 saturated carbocycles. The zero-order chi connectivity index (χ0) is 20.5. The van der Waals surface area contributed by atoms with Gasteiger partial charge >= 0.3 is 0 Å². The Balaban J connectivity index is 1.37. The van der Waals surface area contributed by atoms with E-state index in [-0.39, 0.29) is 5.91 Å². The molecule has 5 nitrogen and oxygen atoms in total. The van der Waals surface area contributed by atoms with Gasteiger partial charge < -0.3 is 15.5 Å². The van der Waals surface area contributed by atoms with Crippen molar-refractivity contribution < 1.29 is 4.79 Å². The van der Waals surface area contributed by atoms with Crippen LogP contribution in [0.1, 0.15) is 21.6 Å². The fourth-order valence-corrected chi connectivity index (χ4v) is 4.24. The van der Waals surface area contributed by atoms with E-state index in [9.17, 15) is 4.79 Å². The largest absolute Gasteiger partial charge is 0.355 e. The van der Waals surface area contributed by atoms with Gasteiger partial charge in [-0.25, -0.2) is 0 Å². The number of carbonyl (C=O) groups excluding carboxylic acids is 1. The molecule has 2 aromatic carbocycles. The summed E-state index contributed by atoms with van der Waals surface area (Å²) in [5, 5.41) is 10.9. The molecule has 2 N–H and O–H groups in total. The smallest absolute Gasteiger partial charge is 0.258 e. The molecule has 1 amide bonds. The second kappa shape index (κ2) is 7.65. The number of anilines is 5. The third-order valence-corrected chi connectivity index (χ3v) is 5.75. The molecule has 0 saturated heterocycles. The van der Waals surface area contributed by atoms with E-state index in [4.69, 9.17) is 0 Å². The van der Waals surface area contributed by atoms with Gasteiger partial charge in [-0.1, -0.05) is 6.07 Å². The predicted octanol–water partition coefficient (Wildman–Crippen LogP) is 6.10. The highest BCUT2D eigenvalue weighted by molar-refractivity contribution is 7.08. The van der Waals surface area contributed by atoms with Gasteiger partial charge in [0.1, 0.15) is 0 Å². The van der Waals surface area contributed by atoms with Gasteiger partial charge in [0, 0.05) is 51.3 Å². The van der Waals surface area contributed by atoms with Crippen LogP contribution in [0.15, 0.2) is 77.6 Å². The molecule has 0 fully saturated rings. The maximum atomic E-state index is 13.0. The van der Waals surface area contributed by atoms with Crippen LogP contribution < -0.4 is 15.5 Å². The van der Waals surface area contributed by atoms with E-state index >= 15 is 0 Å². The average molecular weight is 413 g/mol. The summed E-state index contributed by atoms with van der Waals surface area (Å²) in [6.07, 6.45) is 1.79. The first kappa shape index (κ1) is 18.4. The number of nitrogens with zero attached hydrogens (tertiary/aromatic N) is 2. The molecule has 0 atom stereocenters. The number of carbonyl (C=O) groups is 1. The Labute approximate surface area is 179 Å². The van der Waals surface area contributed by atoms with Crippen molar-refractivity contribution >= 4 is 45.7 Å². The lowest BCUT2D eigenvalue weighted by atomic mass is 10.1. The molecule has 5 rings (SSSR count). The molecule has 148 valence electrons. The standard InChI is InChI=1S/C24H20N4OS/c1-16-11-20(7-9-25-16)26-19-5-6-23-17(12-19)14-28(24(23)29)22-4-2-3-18(13-22)27-21-8-10-30-15-21/h2-13,15,27H,14H2,1H3,(H,25,26). The van der Waals surface area contributed by atoms with Crippen LogP contribution in [0.3, 0.4) is 0 Å². The molecule has 0 spiro atoms. The van der Waals surface area contributed by atoms with E-state index in [0.29, 0.717) is 6.54 Å². The molecule has 1 aliphatic heterocycles. The Morgan fingerprint density at radius 2 is 1.77 bits per heavy atom. The number of aromatic nitrogens is 1. The Bertz CT molecular complexity index is 1220. The average Bonchev–Trinajstić information content (AvgIpc) is 3.36. The van der Waals surface area contributed by atoms with Crippen molar-refractivity contribution in [2.24, 2.45) is 0 Å². The maximum Gasteiger partial charge on any atom is 0.258 e. The van der Waals surface area contributed by atoms with Gasteiger partial charge in [0.05, 0.1) is 6.54 Å². The summed E-state index contributed by atoms with van der Waals surface area (Å²) in [5.41, 5.74) is 7.57. The third-order valence-electron chi connectivity index (χ3n) is 5.06. The van der Waals surface area contributed by atoms with Crippen molar-refractivity contribution in [1.29, 1.82) is 0 Å². The maximum absolute atomic E-state index is 13.0. The Hall–Kier alpha value is -3.64. The van der Waals surface area contributed by atoms with Crippen LogP contribution in [0.4, 0.5) is 28.4 Å². The first-order valence-electron chi connectivity index (χ1n) is 9.69. The summed E-state index contributed by atoms with van der Waals surface area (Å²) < 4.78 is 0. The molecule has 6 heteroatoms. The SMILES string of the molecule is Cc1cc(Nc2ccc3c(c2)CN(c2cccc(Nc4ccsc4)c2)C3=O)ccn1. The lowest BCUT2D eigenvalue weighted by Crippen LogP contribution is -2.22. The van der Waals surface area contributed by atoms with Crippen LogP contribution in [0.5, 0.6) is 0 Å². The van der Waals surface area contributed by atoms with E-state index < -0.39 is 0 Å². The zero-order valence-corrected chi connectivity index (χ0v) is 17.2. The minimum atomic E-state index is 0.0315. The Morgan fingerprint density at radius 3 is 2.60 bits per heavy atom. The van der Waals surface area contributed by atoms with Crippen LogP contribution >= 0.6 is 11.3 Å². The quantitative estimate of drug-likeness (QED) is 0.416. The molecule has 1 aliphatic rings. The number of pyridine rings is 1. The molecule has 0 unspecified atom stereocenters. The minimum Gasteiger partial charge on any atom is -0.355 e. The Kier molecular flexibility index (Phi) is 4.69. The van der Waals surface area contributed by atoms with E-state index in [1.54, 1.807) is 17.5 Å². The fourth-order valence-electron chi connectivity index (χ4n) is 3.65. The van der Waals surface area contributed by atoms with Crippen molar-refractivity contribution in [3.63, 3.8) is 0 Å². The molecular formula is C24H20N4OS. The van der Waals surface area contributed by atoms with Gasteiger partial charge in [-0.2, -0.15) is 11.3 Å². The zero-order valence-electron chi connectivity index (χ0n) is 16.4. The second-order valence-electron chi connectivity index (χ2n) is 7.26. The van der Waals surface area contributed by atoms with Gasteiger partial charge in [-0.3, -0.25) is 9.78 Å². The molecule has 3 heterocycles. The molecule has 0 radical (unpaired) electrons. The molecule has 2 aromatic heterocycles. The molecule has 0 bridgehead atoms. The number of aryl methyl sites for hydroxylation is 1. The minimum absolute atomic E-state index is 0.0315. The number of fused-ring (bicyclic) bond motifs is 1. The van der Waals surface area contributed by atoms with Gasteiger partial charge in [-0.15, -0.1) is 0 Å². The first-order valence-corrected chi connectivity index (χ1v) is 10.6. The second-order valence-corrected chi connectivity index (χ2v) is 8.04. The van der Waals surface area contributed by atoms with E-state index in [0.717, 1.165) is 45.3 Å². The first-order chi connectivity index (χ1) is 14.7. The number of benzene rings is 2. The van der Waals surface area contributed by atoms with Crippen molar-refractivity contribution in [1.82, 2.24) is 4.98 Å². The van der Waals surface area contributed by atoms with E-state index in [1.165, 1.54) is 0 Å². The summed E-state index contributed by atoms with van der Waals surface area (Å²) in [5.74, 6) is 0.0315. The van der Waals surface area contributed by atoms with Crippen molar-refractivity contribution in [2.45, 2.75) is 13.5 Å². The Morgan fingerprint density at radius 1 is 0.933 bits per heavy atom. The number of hydrogen-bond donors (Lipinski definition) is 2. The number of nitrogens with one attached hydrogen (secondary N) is 2. The molecule has 4 aromatic rings. The van der Waals surface area contributed by atoms with E-state index in [1.807, 2.05) is 71.8 Å². The van der Waals surface area contributed by atoms with Gasteiger partial charge in [-0.05, 0) is 72.5 Å². The predicted molar refractivity (Wildman–Crippen MR) is 123 cm³/mol. The van der Waals surface area contributed by atoms with Gasteiger partial charge in [0.25, 0.3) is 5.91 Å². The monoisotopic (exact) mass is 412 g/mol.